The van der Waals surface area contributed by atoms with Crippen LogP contribution >= 0.6 is 0 Å². The molecule has 0 aromatic heterocycles. The predicted octanol–water partition coefficient (Wildman–Crippen LogP) is -0.561. The Hall–Kier alpha value is -0.835. The van der Waals surface area contributed by atoms with Crippen LogP contribution in [0.5, 0.6) is 0 Å². The topological polar surface area (TPSA) is 49.7 Å². The number of fused-ring (bicyclic) bond motifs is 1. The molecule has 1 aliphatic rings. The van der Waals surface area contributed by atoms with E-state index in [2.05, 4.69) is 0 Å². The van der Waals surface area contributed by atoms with Crippen molar-refractivity contribution in [2.75, 3.05) is 6.61 Å². The van der Waals surface area contributed by atoms with Crippen molar-refractivity contribution in [1.82, 2.24) is 0 Å². The summed E-state index contributed by atoms with van der Waals surface area (Å²) in [4.78, 5) is 0. The minimum absolute atomic E-state index is 0.135. The Balaban J connectivity index is 2.31. The molecular formula is C9H11BO3. The lowest BCUT2D eigenvalue weighted by molar-refractivity contribution is 0.275. The van der Waals surface area contributed by atoms with E-state index in [-0.39, 0.29) is 6.61 Å². The zero-order valence-corrected chi connectivity index (χ0v) is 7.23. The van der Waals surface area contributed by atoms with Crippen LogP contribution in [0.25, 0.3) is 0 Å². The van der Waals surface area contributed by atoms with Crippen molar-refractivity contribution < 1.29 is 14.8 Å². The maximum atomic E-state index is 9.39. The second-order valence-electron chi connectivity index (χ2n) is 3.17. The van der Waals surface area contributed by atoms with Gasteiger partial charge in [0.15, 0.2) is 0 Å². The highest BCUT2D eigenvalue weighted by molar-refractivity contribution is 6.61. The van der Waals surface area contributed by atoms with Gasteiger partial charge in [0.1, 0.15) is 0 Å². The largest absolute Gasteiger partial charge is 0.491 e. The molecule has 0 bridgehead atoms. The van der Waals surface area contributed by atoms with E-state index >= 15 is 0 Å². The molecule has 2 N–H and O–H groups in total. The Morgan fingerprint density at radius 3 is 3.08 bits per heavy atom. The fourth-order valence-corrected chi connectivity index (χ4v) is 1.55. The van der Waals surface area contributed by atoms with Gasteiger partial charge in [-0.05, 0) is 23.0 Å². The summed E-state index contributed by atoms with van der Waals surface area (Å²) in [5.41, 5.74) is 2.91. The summed E-state index contributed by atoms with van der Waals surface area (Å²) in [5.74, 6) is 0. The van der Waals surface area contributed by atoms with Crippen LogP contribution in [-0.4, -0.2) is 23.9 Å². The fraction of sp³-hybridized carbons (Fsp3) is 0.333. The molecule has 0 fully saturated rings. The van der Waals surface area contributed by atoms with Crippen LogP contribution < -0.4 is 5.46 Å². The normalized spacial score (nSPS) is 14.8. The number of rotatable bonds is 2. The smallest absolute Gasteiger partial charge is 0.423 e. The number of benzene rings is 1. The van der Waals surface area contributed by atoms with Gasteiger partial charge in [0, 0.05) is 6.61 Å². The maximum absolute atomic E-state index is 9.39. The van der Waals surface area contributed by atoms with Crippen LogP contribution in [0.1, 0.15) is 11.1 Å². The first-order chi connectivity index (χ1) is 6.31. The molecule has 13 heavy (non-hydrogen) atoms. The van der Waals surface area contributed by atoms with Crippen molar-refractivity contribution in [2.45, 2.75) is 13.0 Å². The average molecular weight is 178 g/mol. The monoisotopic (exact) mass is 178 g/mol. The second kappa shape index (κ2) is 3.50. The second-order valence-corrected chi connectivity index (χ2v) is 3.17. The zero-order chi connectivity index (χ0) is 9.26. The van der Waals surface area contributed by atoms with E-state index in [1.54, 1.807) is 0 Å². The number of aliphatic hydroxyl groups excluding tert-OH is 1. The molecule has 0 spiro atoms. The first-order valence-corrected chi connectivity index (χ1v) is 4.33. The molecule has 2 rings (SSSR count). The lowest BCUT2D eigenvalue weighted by Gasteiger charge is -2.02. The van der Waals surface area contributed by atoms with Crippen molar-refractivity contribution in [3.63, 3.8) is 0 Å². The molecule has 1 heterocycles. The first kappa shape index (κ1) is 8.75. The molecule has 68 valence electrons. The maximum Gasteiger partial charge on any atom is 0.491 e. The van der Waals surface area contributed by atoms with E-state index in [0.717, 1.165) is 16.6 Å². The standard InChI is InChI=1S/C9H11BO3/c11-4-3-7-1-2-8-6-13-10(12)9(8)5-7/h1-2,5,11-12H,3-4,6H2. The highest BCUT2D eigenvalue weighted by Crippen LogP contribution is 2.11. The Labute approximate surface area is 77.1 Å². The highest BCUT2D eigenvalue weighted by Gasteiger charge is 2.26. The number of aliphatic hydroxyl groups is 1. The summed E-state index contributed by atoms with van der Waals surface area (Å²) in [7, 11) is -0.784. The Bertz CT molecular complexity index is 314. The molecule has 1 aromatic carbocycles. The van der Waals surface area contributed by atoms with E-state index in [0.29, 0.717) is 13.0 Å². The van der Waals surface area contributed by atoms with E-state index in [4.69, 9.17) is 9.76 Å². The van der Waals surface area contributed by atoms with Crippen LogP contribution in [0, 0.1) is 0 Å². The van der Waals surface area contributed by atoms with Crippen molar-refractivity contribution in [2.24, 2.45) is 0 Å². The van der Waals surface area contributed by atoms with Crippen LogP contribution in [0.3, 0.4) is 0 Å². The predicted molar refractivity (Wildman–Crippen MR) is 49.6 cm³/mol. The quantitative estimate of drug-likeness (QED) is 0.596. The van der Waals surface area contributed by atoms with Gasteiger partial charge in [0.2, 0.25) is 0 Å². The number of hydrogen-bond donors (Lipinski definition) is 2. The van der Waals surface area contributed by atoms with E-state index in [9.17, 15) is 5.02 Å². The third-order valence-electron chi connectivity index (χ3n) is 2.27. The summed E-state index contributed by atoms with van der Waals surface area (Å²) < 4.78 is 5.05. The third kappa shape index (κ3) is 1.61. The molecule has 1 aromatic rings. The molecule has 0 saturated carbocycles. The summed E-state index contributed by atoms with van der Waals surface area (Å²) >= 11 is 0. The molecule has 0 amide bonds. The SMILES string of the molecule is OCCc1ccc2c(c1)B(O)OC2. The van der Waals surface area contributed by atoms with Gasteiger partial charge in [0.25, 0.3) is 0 Å². The molecule has 3 nitrogen and oxygen atoms in total. The van der Waals surface area contributed by atoms with Crippen LogP contribution in [0.2, 0.25) is 0 Å². The average Bonchev–Trinajstić information content (AvgIpc) is 2.49. The van der Waals surface area contributed by atoms with Crippen LogP contribution in [-0.2, 0) is 17.7 Å². The van der Waals surface area contributed by atoms with Crippen molar-refractivity contribution in [1.29, 1.82) is 0 Å². The van der Waals surface area contributed by atoms with Gasteiger partial charge in [0.05, 0.1) is 6.61 Å². The van der Waals surface area contributed by atoms with Gasteiger partial charge in [-0.15, -0.1) is 0 Å². The van der Waals surface area contributed by atoms with Gasteiger partial charge in [-0.2, -0.15) is 0 Å². The van der Waals surface area contributed by atoms with Crippen LogP contribution in [0.15, 0.2) is 18.2 Å². The molecule has 0 unspecified atom stereocenters. The summed E-state index contributed by atoms with van der Waals surface area (Å²) in [6.07, 6.45) is 0.625. The lowest BCUT2D eigenvalue weighted by Crippen LogP contribution is -2.28. The first-order valence-electron chi connectivity index (χ1n) is 4.33. The highest BCUT2D eigenvalue weighted by atomic mass is 16.5. The van der Waals surface area contributed by atoms with Crippen molar-refractivity contribution >= 4 is 12.6 Å². The Morgan fingerprint density at radius 1 is 1.46 bits per heavy atom. The molecule has 1 aliphatic heterocycles. The molecule has 4 heteroatoms. The Morgan fingerprint density at radius 2 is 2.31 bits per heavy atom. The molecule has 0 saturated heterocycles. The third-order valence-corrected chi connectivity index (χ3v) is 2.27. The van der Waals surface area contributed by atoms with Gasteiger partial charge >= 0.3 is 7.12 Å². The van der Waals surface area contributed by atoms with E-state index < -0.39 is 7.12 Å². The zero-order valence-electron chi connectivity index (χ0n) is 7.23. The van der Waals surface area contributed by atoms with Gasteiger partial charge in [-0.1, -0.05) is 18.2 Å². The summed E-state index contributed by atoms with van der Waals surface area (Å²) in [5, 5.41) is 18.1. The molecule has 0 radical (unpaired) electrons. The van der Waals surface area contributed by atoms with E-state index in [1.807, 2.05) is 18.2 Å². The van der Waals surface area contributed by atoms with E-state index in [1.165, 1.54) is 0 Å². The Kier molecular flexibility index (Phi) is 2.35. The van der Waals surface area contributed by atoms with Gasteiger partial charge in [-0.25, -0.2) is 0 Å². The minimum atomic E-state index is -0.784. The molecule has 0 atom stereocenters. The summed E-state index contributed by atoms with van der Waals surface area (Å²) in [6.45, 7) is 0.617. The summed E-state index contributed by atoms with van der Waals surface area (Å²) in [6, 6.07) is 5.79. The van der Waals surface area contributed by atoms with Gasteiger partial charge < -0.3 is 14.8 Å². The van der Waals surface area contributed by atoms with Crippen molar-refractivity contribution in [3.8, 4) is 0 Å². The van der Waals surface area contributed by atoms with Crippen molar-refractivity contribution in [3.05, 3.63) is 29.3 Å². The molecular weight excluding hydrogens is 167 g/mol. The lowest BCUT2D eigenvalue weighted by atomic mass is 9.78. The number of hydrogen-bond acceptors (Lipinski definition) is 3. The minimum Gasteiger partial charge on any atom is -0.423 e. The van der Waals surface area contributed by atoms with Gasteiger partial charge in [-0.3, -0.25) is 0 Å². The van der Waals surface area contributed by atoms with Crippen LogP contribution in [0.4, 0.5) is 0 Å². The fourth-order valence-electron chi connectivity index (χ4n) is 1.55. The molecule has 0 aliphatic carbocycles.